The molecule has 2 N–H and O–H groups in total. The first-order valence-corrected chi connectivity index (χ1v) is 6.35. The number of rotatable bonds is 4. The molecule has 2 aromatic heterocycles. The molecule has 0 saturated heterocycles. The summed E-state index contributed by atoms with van der Waals surface area (Å²) in [7, 11) is 1.92. The first-order chi connectivity index (χ1) is 9.22. The molecule has 0 radical (unpaired) electrons. The molecule has 0 saturated carbocycles. The molecule has 1 unspecified atom stereocenters. The molecule has 2 heterocycles. The Labute approximate surface area is 111 Å². The number of nitrogens with zero attached hydrogens (tertiary/aromatic N) is 4. The highest BCUT2D eigenvalue weighted by Gasteiger charge is 2.09. The number of hydrogen-bond acceptors (Lipinski definition) is 3. The molecule has 0 aliphatic carbocycles. The smallest absolute Gasteiger partial charge is 0.0958 e. The van der Waals surface area contributed by atoms with Gasteiger partial charge < -0.3 is 10.3 Å². The predicted molar refractivity (Wildman–Crippen MR) is 74.6 cm³/mol. The SMILES string of the molecule is Cn1cc(CC(N)Cn2cnc3ccccc32)cn1. The van der Waals surface area contributed by atoms with Crippen molar-refractivity contribution in [2.24, 2.45) is 12.8 Å². The number of benzene rings is 1. The molecule has 0 amide bonds. The number of imidazole rings is 1. The Bertz CT molecular complexity index is 682. The molecule has 0 spiro atoms. The monoisotopic (exact) mass is 255 g/mol. The van der Waals surface area contributed by atoms with E-state index in [1.165, 1.54) is 5.56 Å². The van der Waals surface area contributed by atoms with Gasteiger partial charge in [-0.1, -0.05) is 12.1 Å². The van der Waals surface area contributed by atoms with Gasteiger partial charge in [0, 0.05) is 25.8 Å². The van der Waals surface area contributed by atoms with Crippen LogP contribution in [0.1, 0.15) is 5.56 Å². The highest BCUT2D eigenvalue weighted by atomic mass is 15.2. The second-order valence-corrected chi connectivity index (χ2v) is 4.87. The zero-order valence-electron chi connectivity index (χ0n) is 10.9. The molecule has 0 aliphatic heterocycles. The van der Waals surface area contributed by atoms with Crippen molar-refractivity contribution >= 4 is 11.0 Å². The van der Waals surface area contributed by atoms with Crippen LogP contribution in [-0.2, 0) is 20.0 Å². The van der Waals surface area contributed by atoms with E-state index in [1.807, 2.05) is 44.0 Å². The second-order valence-electron chi connectivity index (χ2n) is 4.87. The van der Waals surface area contributed by atoms with Crippen LogP contribution in [0.3, 0.4) is 0 Å². The van der Waals surface area contributed by atoms with E-state index in [0.717, 1.165) is 24.0 Å². The van der Waals surface area contributed by atoms with Crippen molar-refractivity contribution in [3.63, 3.8) is 0 Å². The average Bonchev–Trinajstić information content (AvgIpc) is 2.97. The van der Waals surface area contributed by atoms with E-state index in [1.54, 1.807) is 4.68 Å². The fourth-order valence-corrected chi connectivity index (χ4v) is 2.35. The Morgan fingerprint density at radius 2 is 2.16 bits per heavy atom. The van der Waals surface area contributed by atoms with Gasteiger partial charge in [0.15, 0.2) is 0 Å². The van der Waals surface area contributed by atoms with E-state index < -0.39 is 0 Å². The molecule has 3 aromatic rings. The first kappa shape index (κ1) is 11.9. The zero-order valence-corrected chi connectivity index (χ0v) is 10.9. The normalized spacial score (nSPS) is 12.9. The van der Waals surface area contributed by atoms with Gasteiger partial charge in [-0.3, -0.25) is 4.68 Å². The van der Waals surface area contributed by atoms with Gasteiger partial charge in [0.2, 0.25) is 0 Å². The summed E-state index contributed by atoms with van der Waals surface area (Å²) in [4.78, 5) is 4.37. The molecule has 19 heavy (non-hydrogen) atoms. The number of aryl methyl sites for hydroxylation is 1. The summed E-state index contributed by atoms with van der Waals surface area (Å²) in [6.45, 7) is 0.759. The molecule has 1 atom stereocenters. The van der Waals surface area contributed by atoms with E-state index in [-0.39, 0.29) is 6.04 Å². The molecule has 5 nitrogen and oxygen atoms in total. The third kappa shape index (κ3) is 2.51. The highest BCUT2D eigenvalue weighted by molar-refractivity contribution is 5.74. The van der Waals surface area contributed by atoms with Crippen LogP contribution >= 0.6 is 0 Å². The molecule has 3 rings (SSSR count). The van der Waals surface area contributed by atoms with Gasteiger partial charge >= 0.3 is 0 Å². The molecular weight excluding hydrogens is 238 g/mol. The Morgan fingerprint density at radius 1 is 1.32 bits per heavy atom. The Balaban J connectivity index is 1.74. The lowest BCUT2D eigenvalue weighted by Crippen LogP contribution is -2.28. The first-order valence-electron chi connectivity index (χ1n) is 6.35. The summed E-state index contributed by atoms with van der Waals surface area (Å²) in [6.07, 6.45) is 6.55. The predicted octanol–water partition coefficient (Wildman–Crippen LogP) is 1.34. The van der Waals surface area contributed by atoms with Gasteiger partial charge in [-0.25, -0.2) is 4.98 Å². The van der Waals surface area contributed by atoms with Crippen molar-refractivity contribution in [2.45, 2.75) is 19.0 Å². The number of para-hydroxylation sites is 2. The minimum Gasteiger partial charge on any atom is -0.329 e. The summed E-state index contributed by atoms with van der Waals surface area (Å²) in [5.41, 5.74) is 9.52. The lowest BCUT2D eigenvalue weighted by Gasteiger charge is -2.12. The van der Waals surface area contributed by atoms with Gasteiger partial charge in [-0.05, 0) is 24.1 Å². The second kappa shape index (κ2) is 4.85. The largest absolute Gasteiger partial charge is 0.329 e. The van der Waals surface area contributed by atoms with Crippen molar-refractivity contribution in [1.29, 1.82) is 0 Å². The molecule has 98 valence electrons. The molecule has 1 aromatic carbocycles. The molecular formula is C14H17N5. The van der Waals surface area contributed by atoms with E-state index in [0.29, 0.717) is 0 Å². The van der Waals surface area contributed by atoms with Gasteiger partial charge in [0.25, 0.3) is 0 Å². The Kier molecular flexibility index (Phi) is 3.05. The van der Waals surface area contributed by atoms with Gasteiger partial charge in [0.1, 0.15) is 0 Å². The van der Waals surface area contributed by atoms with E-state index in [4.69, 9.17) is 5.73 Å². The third-order valence-electron chi connectivity index (χ3n) is 3.21. The summed E-state index contributed by atoms with van der Waals surface area (Å²) in [5, 5.41) is 4.16. The van der Waals surface area contributed by atoms with Crippen LogP contribution < -0.4 is 5.73 Å². The maximum atomic E-state index is 6.21. The third-order valence-corrected chi connectivity index (χ3v) is 3.21. The standard InChI is InChI=1S/C14H17N5/c1-18-8-11(7-17-18)6-12(15)9-19-10-16-13-4-2-3-5-14(13)19/h2-5,7-8,10,12H,6,9,15H2,1H3. The summed E-state index contributed by atoms with van der Waals surface area (Å²) in [6, 6.07) is 8.15. The molecule has 5 heteroatoms. The van der Waals surface area contributed by atoms with Crippen molar-refractivity contribution in [3.8, 4) is 0 Å². The summed E-state index contributed by atoms with van der Waals surface area (Å²) < 4.78 is 3.91. The van der Waals surface area contributed by atoms with Crippen molar-refractivity contribution in [2.75, 3.05) is 0 Å². The van der Waals surface area contributed by atoms with Crippen LogP contribution in [-0.4, -0.2) is 25.4 Å². The van der Waals surface area contributed by atoms with Crippen LogP contribution in [0.25, 0.3) is 11.0 Å². The fourth-order valence-electron chi connectivity index (χ4n) is 2.35. The topological polar surface area (TPSA) is 61.7 Å². The van der Waals surface area contributed by atoms with Crippen molar-refractivity contribution < 1.29 is 0 Å². The maximum Gasteiger partial charge on any atom is 0.0958 e. The molecule has 0 fully saturated rings. The quantitative estimate of drug-likeness (QED) is 0.765. The number of nitrogens with two attached hydrogens (primary N) is 1. The number of fused-ring (bicyclic) bond motifs is 1. The lowest BCUT2D eigenvalue weighted by atomic mass is 10.1. The minimum absolute atomic E-state index is 0.0572. The maximum absolute atomic E-state index is 6.21. The van der Waals surface area contributed by atoms with Crippen LogP contribution in [0, 0.1) is 0 Å². The molecule has 0 aliphatic rings. The number of hydrogen-bond donors (Lipinski definition) is 1. The van der Waals surface area contributed by atoms with E-state index in [2.05, 4.69) is 20.7 Å². The van der Waals surface area contributed by atoms with Crippen LogP contribution in [0.5, 0.6) is 0 Å². The van der Waals surface area contributed by atoms with Crippen LogP contribution in [0.15, 0.2) is 43.0 Å². The molecule has 0 bridgehead atoms. The fraction of sp³-hybridized carbons (Fsp3) is 0.286. The zero-order chi connectivity index (χ0) is 13.2. The van der Waals surface area contributed by atoms with Gasteiger partial charge in [-0.2, -0.15) is 5.10 Å². The highest BCUT2D eigenvalue weighted by Crippen LogP contribution is 2.12. The van der Waals surface area contributed by atoms with E-state index in [9.17, 15) is 0 Å². The van der Waals surface area contributed by atoms with E-state index >= 15 is 0 Å². The lowest BCUT2D eigenvalue weighted by molar-refractivity contribution is 0.559. The number of aromatic nitrogens is 4. The van der Waals surface area contributed by atoms with Crippen molar-refractivity contribution in [1.82, 2.24) is 19.3 Å². The average molecular weight is 255 g/mol. The van der Waals surface area contributed by atoms with Crippen LogP contribution in [0.4, 0.5) is 0 Å². The van der Waals surface area contributed by atoms with Gasteiger partial charge in [0.05, 0.1) is 23.6 Å². The van der Waals surface area contributed by atoms with Crippen LogP contribution in [0.2, 0.25) is 0 Å². The Morgan fingerprint density at radius 3 is 2.95 bits per heavy atom. The summed E-state index contributed by atoms with van der Waals surface area (Å²) >= 11 is 0. The minimum atomic E-state index is 0.0572. The van der Waals surface area contributed by atoms with Crippen molar-refractivity contribution in [3.05, 3.63) is 48.5 Å². The summed E-state index contributed by atoms with van der Waals surface area (Å²) in [5.74, 6) is 0. The Hall–Kier alpha value is -2.14. The van der Waals surface area contributed by atoms with Gasteiger partial charge in [-0.15, -0.1) is 0 Å².